The van der Waals surface area contributed by atoms with Gasteiger partial charge in [0.25, 0.3) is 0 Å². The van der Waals surface area contributed by atoms with Gasteiger partial charge in [-0.3, -0.25) is 4.90 Å². The van der Waals surface area contributed by atoms with Gasteiger partial charge in [0.05, 0.1) is 0 Å². The summed E-state index contributed by atoms with van der Waals surface area (Å²) in [6.07, 6.45) is 11.2. The van der Waals surface area contributed by atoms with Crippen LogP contribution in [0.3, 0.4) is 0 Å². The summed E-state index contributed by atoms with van der Waals surface area (Å²) < 4.78 is 0. The van der Waals surface area contributed by atoms with E-state index in [1.165, 1.54) is 64.5 Å². The zero-order valence-electron chi connectivity index (χ0n) is 13.4. The van der Waals surface area contributed by atoms with E-state index in [2.05, 4.69) is 31.0 Å². The van der Waals surface area contributed by atoms with Gasteiger partial charge in [0.1, 0.15) is 0 Å². The summed E-state index contributed by atoms with van der Waals surface area (Å²) in [6, 6.07) is 0.705. The van der Waals surface area contributed by atoms with Gasteiger partial charge in [0.2, 0.25) is 0 Å². The van der Waals surface area contributed by atoms with Gasteiger partial charge in [-0.1, -0.05) is 40.0 Å². The third kappa shape index (κ3) is 3.16. The second kappa shape index (κ2) is 7.08. The lowest BCUT2D eigenvalue weighted by atomic mass is 9.73. The highest BCUT2D eigenvalue weighted by Gasteiger charge is 2.42. The molecule has 2 nitrogen and oxygen atoms in total. The fourth-order valence-electron chi connectivity index (χ4n) is 4.37. The van der Waals surface area contributed by atoms with Crippen molar-refractivity contribution in [3.8, 4) is 0 Å². The first-order chi connectivity index (χ1) is 9.26. The van der Waals surface area contributed by atoms with E-state index in [-0.39, 0.29) is 0 Å². The SMILES string of the molecule is CCNC(CC1CCC1)C(CC)(CC)N1CCCC1. The minimum Gasteiger partial charge on any atom is -0.312 e. The molecule has 112 valence electrons. The van der Waals surface area contributed by atoms with Crippen LogP contribution in [0.2, 0.25) is 0 Å². The van der Waals surface area contributed by atoms with Gasteiger partial charge < -0.3 is 5.32 Å². The fraction of sp³-hybridized carbons (Fsp3) is 1.00. The molecule has 1 unspecified atom stereocenters. The van der Waals surface area contributed by atoms with Crippen LogP contribution in [0.15, 0.2) is 0 Å². The maximum absolute atomic E-state index is 3.86. The third-order valence-electron chi connectivity index (χ3n) is 5.85. The first kappa shape index (κ1) is 15.3. The summed E-state index contributed by atoms with van der Waals surface area (Å²) in [5, 5.41) is 3.86. The molecule has 19 heavy (non-hydrogen) atoms. The smallest absolute Gasteiger partial charge is 0.0357 e. The largest absolute Gasteiger partial charge is 0.312 e. The predicted octanol–water partition coefficient (Wildman–Crippen LogP) is 3.81. The lowest BCUT2D eigenvalue weighted by molar-refractivity contribution is 0.0458. The first-order valence-corrected chi connectivity index (χ1v) is 8.75. The minimum absolute atomic E-state index is 0.419. The second-order valence-electron chi connectivity index (χ2n) is 6.65. The van der Waals surface area contributed by atoms with Crippen LogP contribution >= 0.6 is 0 Å². The molecule has 2 heteroatoms. The Labute approximate surface area is 120 Å². The molecule has 1 N–H and O–H groups in total. The van der Waals surface area contributed by atoms with Gasteiger partial charge in [-0.05, 0) is 57.7 Å². The molecule has 1 saturated heterocycles. The van der Waals surface area contributed by atoms with Crippen LogP contribution in [0, 0.1) is 5.92 Å². The standard InChI is InChI=1S/C17H34N2/c1-4-17(5-2,19-12-7-8-13-19)16(18-6-3)14-15-10-9-11-15/h15-16,18H,4-14H2,1-3H3. The Morgan fingerprint density at radius 1 is 1.05 bits per heavy atom. The van der Waals surface area contributed by atoms with E-state index in [0.29, 0.717) is 11.6 Å². The highest BCUT2D eigenvalue weighted by atomic mass is 15.2. The van der Waals surface area contributed by atoms with E-state index in [1.807, 2.05) is 0 Å². The van der Waals surface area contributed by atoms with Crippen LogP contribution < -0.4 is 5.32 Å². The van der Waals surface area contributed by atoms with Gasteiger partial charge >= 0.3 is 0 Å². The van der Waals surface area contributed by atoms with Gasteiger partial charge in [-0.2, -0.15) is 0 Å². The summed E-state index contributed by atoms with van der Waals surface area (Å²) in [4.78, 5) is 2.82. The number of hydrogen-bond donors (Lipinski definition) is 1. The summed E-state index contributed by atoms with van der Waals surface area (Å²) in [6.45, 7) is 10.9. The normalized spacial score (nSPS) is 23.5. The molecule has 1 aliphatic heterocycles. The summed E-state index contributed by atoms with van der Waals surface area (Å²) >= 11 is 0. The van der Waals surface area contributed by atoms with Crippen LogP contribution in [0.25, 0.3) is 0 Å². The number of hydrogen-bond acceptors (Lipinski definition) is 2. The van der Waals surface area contributed by atoms with Crippen molar-refractivity contribution in [3.63, 3.8) is 0 Å². The van der Waals surface area contributed by atoms with Gasteiger partial charge in [-0.25, -0.2) is 0 Å². The Kier molecular flexibility index (Phi) is 5.70. The van der Waals surface area contributed by atoms with Crippen LogP contribution in [0.1, 0.15) is 72.1 Å². The number of nitrogens with one attached hydrogen (secondary N) is 1. The monoisotopic (exact) mass is 266 g/mol. The molecular weight excluding hydrogens is 232 g/mol. The van der Waals surface area contributed by atoms with E-state index < -0.39 is 0 Å². The van der Waals surface area contributed by atoms with E-state index in [0.717, 1.165) is 12.5 Å². The Hall–Kier alpha value is -0.0800. The highest BCUT2D eigenvalue weighted by Crippen LogP contribution is 2.38. The predicted molar refractivity (Wildman–Crippen MR) is 83.5 cm³/mol. The molecule has 0 amide bonds. The van der Waals surface area contributed by atoms with Crippen LogP contribution in [0.5, 0.6) is 0 Å². The molecule has 0 aromatic heterocycles. The average Bonchev–Trinajstić information content (AvgIpc) is 2.90. The van der Waals surface area contributed by atoms with Crippen molar-refractivity contribution in [1.29, 1.82) is 0 Å². The Bertz CT molecular complexity index is 250. The van der Waals surface area contributed by atoms with Crippen molar-refractivity contribution in [2.75, 3.05) is 19.6 Å². The van der Waals surface area contributed by atoms with Crippen molar-refractivity contribution >= 4 is 0 Å². The zero-order chi connectivity index (χ0) is 13.7. The van der Waals surface area contributed by atoms with E-state index in [4.69, 9.17) is 0 Å². The van der Waals surface area contributed by atoms with Crippen molar-refractivity contribution < 1.29 is 0 Å². The maximum atomic E-state index is 3.86. The topological polar surface area (TPSA) is 15.3 Å². The maximum Gasteiger partial charge on any atom is 0.0357 e. The summed E-state index contributed by atoms with van der Waals surface area (Å²) in [5.74, 6) is 1.00. The van der Waals surface area contributed by atoms with E-state index >= 15 is 0 Å². The molecule has 0 bridgehead atoms. The molecule has 2 rings (SSSR count). The van der Waals surface area contributed by atoms with Gasteiger partial charge in [0.15, 0.2) is 0 Å². The molecule has 1 saturated carbocycles. The zero-order valence-corrected chi connectivity index (χ0v) is 13.4. The molecule has 0 aromatic carbocycles. The summed E-state index contributed by atoms with van der Waals surface area (Å²) in [5.41, 5.74) is 0.419. The fourth-order valence-corrected chi connectivity index (χ4v) is 4.37. The molecular formula is C17H34N2. The van der Waals surface area contributed by atoms with Crippen molar-refractivity contribution in [1.82, 2.24) is 10.2 Å². The van der Waals surface area contributed by atoms with Crippen molar-refractivity contribution in [2.24, 2.45) is 5.92 Å². The molecule has 1 aliphatic carbocycles. The highest BCUT2D eigenvalue weighted by molar-refractivity contribution is 5.01. The molecule has 0 aromatic rings. The quantitative estimate of drug-likeness (QED) is 0.718. The Morgan fingerprint density at radius 3 is 2.11 bits per heavy atom. The van der Waals surface area contributed by atoms with Gasteiger partial charge in [-0.15, -0.1) is 0 Å². The number of likely N-dealkylation sites (tertiary alicyclic amines) is 1. The minimum atomic E-state index is 0.419. The van der Waals surface area contributed by atoms with E-state index in [9.17, 15) is 0 Å². The van der Waals surface area contributed by atoms with Gasteiger partial charge in [0, 0.05) is 11.6 Å². The molecule has 2 fully saturated rings. The molecule has 0 spiro atoms. The van der Waals surface area contributed by atoms with Crippen LogP contribution in [-0.4, -0.2) is 36.1 Å². The third-order valence-corrected chi connectivity index (χ3v) is 5.85. The Morgan fingerprint density at radius 2 is 1.68 bits per heavy atom. The molecule has 0 radical (unpaired) electrons. The second-order valence-corrected chi connectivity index (χ2v) is 6.65. The first-order valence-electron chi connectivity index (χ1n) is 8.75. The number of likely N-dealkylation sites (N-methyl/N-ethyl adjacent to an activating group) is 1. The van der Waals surface area contributed by atoms with E-state index in [1.54, 1.807) is 0 Å². The van der Waals surface area contributed by atoms with Crippen LogP contribution in [-0.2, 0) is 0 Å². The molecule has 1 atom stereocenters. The Balaban J connectivity index is 2.10. The van der Waals surface area contributed by atoms with Crippen molar-refractivity contribution in [3.05, 3.63) is 0 Å². The molecule has 2 aliphatic rings. The average molecular weight is 266 g/mol. The lowest BCUT2D eigenvalue weighted by Gasteiger charge is -2.49. The van der Waals surface area contributed by atoms with Crippen LogP contribution in [0.4, 0.5) is 0 Å². The van der Waals surface area contributed by atoms with Crippen molar-refractivity contribution in [2.45, 2.75) is 83.7 Å². The molecule has 1 heterocycles. The summed E-state index contributed by atoms with van der Waals surface area (Å²) in [7, 11) is 0. The number of nitrogens with zero attached hydrogens (tertiary/aromatic N) is 1. The number of rotatable bonds is 8. The lowest BCUT2D eigenvalue weighted by Crippen LogP contribution is -2.60.